The molecular weight excluding hydrogens is 195 g/mol. The molecule has 0 aromatic rings. The predicted molar refractivity (Wildman–Crippen MR) is 30.1 cm³/mol. The Morgan fingerprint density at radius 2 is 2.33 bits per heavy atom. The van der Waals surface area contributed by atoms with Crippen molar-refractivity contribution in [2.45, 2.75) is 11.0 Å². The molecule has 0 heterocycles. The summed E-state index contributed by atoms with van der Waals surface area (Å²) in [4.78, 5) is 0. The van der Waals surface area contributed by atoms with E-state index in [-0.39, 0.29) is 4.05 Å². The Morgan fingerprint density at radius 3 is 2.33 bits per heavy atom. The Bertz CT molecular complexity index is 53.5. The number of alkyl halides is 1. The van der Waals surface area contributed by atoms with Crippen LogP contribution in [0.5, 0.6) is 0 Å². The maximum Gasteiger partial charge on any atom is 0.123 e. The molecule has 0 fully saturated rings. The third-order valence-electron chi connectivity index (χ3n) is 0.211. The molecule has 1 atom stereocenters. The molecule has 1 N–H and O–H groups in total. The topological polar surface area (TPSA) is 45.0 Å². The van der Waals surface area contributed by atoms with Gasteiger partial charge in [0.15, 0.2) is 0 Å². The molecule has 0 amide bonds. The van der Waals surface area contributed by atoms with Crippen LogP contribution in [0.3, 0.4) is 0 Å². The Balaban J connectivity index is 3.03. The zero-order valence-electron chi connectivity index (χ0n) is 3.30. The molecule has 6 heavy (non-hydrogen) atoms. The normalized spacial score (nSPS) is 15.7. The van der Waals surface area contributed by atoms with Crippen LogP contribution in [0, 0.1) is 0 Å². The molecule has 36 valence electrons. The summed E-state index contributed by atoms with van der Waals surface area (Å²) in [5.74, 6) is 0. The SMILES string of the molecule is CC(I)N=NO. The Hall–Kier alpha value is 0.130. The van der Waals surface area contributed by atoms with Crippen LogP contribution < -0.4 is 0 Å². The summed E-state index contributed by atoms with van der Waals surface area (Å²) in [6.07, 6.45) is 0. The second kappa shape index (κ2) is 3.32. The van der Waals surface area contributed by atoms with Gasteiger partial charge in [0, 0.05) is 5.28 Å². The highest BCUT2D eigenvalue weighted by Crippen LogP contribution is 1.97. The molecule has 0 bridgehead atoms. The van der Waals surface area contributed by atoms with Crippen molar-refractivity contribution in [3.63, 3.8) is 0 Å². The van der Waals surface area contributed by atoms with E-state index in [1.165, 1.54) is 0 Å². The minimum absolute atomic E-state index is 0.0765. The Labute approximate surface area is 49.6 Å². The molecule has 0 rings (SSSR count). The molecule has 0 aromatic carbocycles. The van der Waals surface area contributed by atoms with Crippen molar-refractivity contribution < 1.29 is 5.21 Å². The van der Waals surface area contributed by atoms with Gasteiger partial charge < -0.3 is 5.21 Å². The summed E-state index contributed by atoms with van der Waals surface area (Å²) >= 11 is 2.02. The minimum atomic E-state index is 0.0765. The summed E-state index contributed by atoms with van der Waals surface area (Å²) in [5.41, 5.74) is 0. The standard InChI is InChI=1S/C2H5IN2O/c1-2(3)4-5-6/h2H,1H3,(H,4,6). The molecule has 0 saturated carbocycles. The van der Waals surface area contributed by atoms with E-state index in [1.807, 2.05) is 29.5 Å². The van der Waals surface area contributed by atoms with Crippen LogP contribution in [-0.2, 0) is 0 Å². The summed E-state index contributed by atoms with van der Waals surface area (Å²) in [7, 11) is 0. The molecular formula is C2H5IN2O. The van der Waals surface area contributed by atoms with Crippen LogP contribution in [0.25, 0.3) is 0 Å². The highest BCUT2D eigenvalue weighted by molar-refractivity contribution is 14.1. The van der Waals surface area contributed by atoms with Crippen LogP contribution in [0.15, 0.2) is 10.4 Å². The molecule has 4 heteroatoms. The molecule has 0 aliphatic heterocycles. The van der Waals surface area contributed by atoms with Gasteiger partial charge in [-0.2, -0.15) is 0 Å². The third-order valence-corrected chi connectivity index (χ3v) is 0.460. The quantitative estimate of drug-likeness (QED) is 0.225. The van der Waals surface area contributed by atoms with Gasteiger partial charge in [-0.05, 0) is 6.92 Å². The average molecular weight is 200 g/mol. The van der Waals surface area contributed by atoms with E-state index < -0.39 is 0 Å². The van der Waals surface area contributed by atoms with Crippen LogP contribution in [0.2, 0.25) is 0 Å². The van der Waals surface area contributed by atoms with E-state index in [1.54, 1.807) is 0 Å². The summed E-state index contributed by atoms with van der Waals surface area (Å²) in [6, 6.07) is 0. The fourth-order valence-electron chi connectivity index (χ4n) is 0.0712. The Morgan fingerprint density at radius 1 is 1.83 bits per heavy atom. The number of hydrogen-bond donors (Lipinski definition) is 1. The zero-order chi connectivity index (χ0) is 4.99. The van der Waals surface area contributed by atoms with Crippen LogP contribution in [0.4, 0.5) is 0 Å². The first-order valence-electron chi connectivity index (χ1n) is 1.45. The van der Waals surface area contributed by atoms with Crippen molar-refractivity contribution in [3.8, 4) is 0 Å². The van der Waals surface area contributed by atoms with Gasteiger partial charge >= 0.3 is 0 Å². The highest BCUT2D eigenvalue weighted by Gasteiger charge is 1.82. The Kier molecular flexibility index (Phi) is 3.40. The van der Waals surface area contributed by atoms with E-state index in [2.05, 4.69) is 10.4 Å². The lowest BCUT2D eigenvalue weighted by atomic mass is 10.8. The predicted octanol–water partition coefficient (Wildman–Crippen LogP) is 1.61. The summed E-state index contributed by atoms with van der Waals surface area (Å²) in [6.45, 7) is 1.82. The molecule has 0 aliphatic carbocycles. The molecule has 3 nitrogen and oxygen atoms in total. The van der Waals surface area contributed by atoms with Crippen LogP contribution >= 0.6 is 22.6 Å². The third kappa shape index (κ3) is 4.13. The van der Waals surface area contributed by atoms with Gasteiger partial charge in [-0.15, -0.1) is 5.11 Å². The monoisotopic (exact) mass is 200 g/mol. The van der Waals surface area contributed by atoms with Crippen molar-refractivity contribution in [2.75, 3.05) is 0 Å². The van der Waals surface area contributed by atoms with E-state index in [0.29, 0.717) is 0 Å². The first-order chi connectivity index (χ1) is 2.77. The fraction of sp³-hybridized carbons (Fsp3) is 1.00. The molecule has 1 unspecified atom stereocenters. The zero-order valence-corrected chi connectivity index (χ0v) is 5.45. The second-order valence-electron chi connectivity index (χ2n) is 0.779. The maximum absolute atomic E-state index is 7.69. The lowest BCUT2D eigenvalue weighted by Crippen LogP contribution is -1.76. The van der Waals surface area contributed by atoms with Gasteiger partial charge in [0.05, 0.1) is 0 Å². The number of nitrogens with zero attached hydrogens (tertiary/aromatic N) is 2. The van der Waals surface area contributed by atoms with E-state index in [4.69, 9.17) is 5.21 Å². The van der Waals surface area contributed by atoms with E-state index in [9.17, 15) is 0 Å². The van der Waals surface area contributed by atoms with Gasteiger partial charge in [-0.3, -0.25) is 0 Å². The van der Waals surface area contributed by atoms with Crippen LogP contribution in [-0.4, -0.2) is 9.26 Å². The smallest absolute Gasteiger partial charge is 0.123 e. The number of rotatable bonds is 1. The van der Waals surface area contributed by atoms with Gasteiger partial charge in [0.1, 0.15) is 4.05 Å². The summed E-state index contributed by atoms with van der Waals surface area (Å²) in [5, 5.41) is 13.5. The van der Waals surface area contributed by atoms with Crippen molar-refractivity contribution in [3.05, 3.63) is 0 Å². The summed E-state index contributed by atoms with van der Waals surface area (Å²) < 4.78 is 0.0765. The lowest BCUT2D eigenvalue weighted by molar-refractivity contribution is 0.281. The average Bonchev–Trinajstić information content (AvgIpc) is 1.35. The highest BCUT2D eigenvalue weighted by atomic mass is 127. The fourth-order valence-corrected chi connectivity index (χ4v) is 0.183. The molecule has 0 radical (unpaired) electrons. The van der Waals surface area contributed by atoms with Gasteiger partial charge in [0.2, 0.25) is 0 Å². The van der Waals surface area contributed by atoms with E-state index in [0.717, 1.165) is 0 Å². The van der Waals surface area contributed by atoms with E-state index >= 15 is 0 Å². The van der Waals surface area contributed by atoms with Crippen molar-refractivity contribution in [1.29, 1.82) is 0 Å². The molecule has 0 aromatic heterocycles. The van der Waals surface area contributed by atoms with Crippen molar-refractivity contribution in [2.24, 2.45) is 10.4 Å². The number of halogens is 1. The molecule has 0 spiro atoms. The van der Waals surface area contributed by atoms with Crippen LogP contribution in [0.1, 0.15) is 6.92 Å². The van der Waals surface area contributed by atoms with Gasteiger partial charge in [-0.25, -0.2) is 0 Å². The second-order valence-corrected chi connectivity index (χ2v) is 2.58. The van der Waals surface area contributed by atoms with Crippen molar-refractivity contribution in [1.82, 2.24) is 0 Å². The largest absolute Gasteiger partial charge is 0.395 e. The molecule has 0 aliphatic rings. The lowest BCUT2D eigenvalue weighted by Gasteiger charge is -1.81. The number of hydrogen-bond acceptors (Lipinski definition) is 2. The molecule has 0 saturated heterocycles. The van der Waals surface area contributed by atoms with Gasteiger partial charge in [-0.1, -0.05) is 22.6 Å². The van der Waals surface area contributed by atoms with Crippen molar-refractivity contribution >= 4 is 22.6 Å². The first kappa shape index (κ1) is 6.13. The maximum atomic E-state index is 7.69. The first-order valence-corrected chi connectivity index (χ1v) is 2.70. The van der Waals surface area contributed by atoms with Gasteiger partial charge in [0.25, 0.3) is 0 Å². The minimum Gasteiger partial charge on any atom is -0.395 e.